The van der Waals surface area contributed by atoms with Crippen LogP contribution in [0.3, 0.4) is 0 Å². The molecule has 1 aliphatic rings. The maximum atomic E-state index is 12.2. The molecule has 7 nitrogen and oxygen atoms in total. The summed E-state index contributed by atoms with van der Waals surface area (Å²) in [6, 6.07) is 7.42. The Morgan fingerprint density at radius 3 is 2.85 bits per heavy atom. The summed E-state index contributed by atoms with van der Waals surface area (Å²) >= 11 is 0. The standard InChI is InChI=1S/C19H25N5O2/c1-14-6-3-4-8-17(14)19(26)20-11-18(25)22-15-7-5-9-24(12-15)16-10-21-23(2)13-16/h3-4,6,8,10,13,15H,5,7,9,11-12H2,1-2H3,(H,20,26)(H,22,25). The maximum Gasteiger partial charge on any atom is 0.251 e. The molecule has 2 aromatic rings. The average Bonchev–Trinajstić information content (AvgIpc) is 3.07. The second kappa shape index (κ2) is 8.03. The Morgan fingerprint density at radius 1 is 1.31 bits per heavy atom. The van der Waals surface area contributed by atoms with Gasteiger partial charge in [0.1, 0.15) is 0 Å². The SMILES string of the molecule is Cc1ccccc1C(=O)NCC(=O)NC1CCCN(c2cnn(C)c2)C1. The van der Waals surface area contributed by atoms with E-state index >= 15 is 0 Å². The van der Waals surface area contributed by atoms with E-state index in [1.54, 1.807) is 10.7 Å². The van der Waals surface area contributed by atoms with E-state index in [0.29, 0.717) is 5.56 Å². The van der Waals surface area contributed by atoms with Crippen molar-refractivity contribution in [2.75, 3.05) is 24.5 Å². The predicted octanol–water partition coefficient (Wildman–Crippen LogP) is 1.24. The molecule has 7 heteroatoms. The molecule has 1 aromatic heterocycles. The summed E-state index contributed by atoms with van der Waals surface area (Å²) in [6.45, 7) is 3.58. The molecule has 1 aliphatic heterocycles. The van der Waals surface area contributed by atoms with Gasteiger partial charge < -0.3 is 15.5 Å². The van der Waals surface area contributed by atoms with Crippen molar-refractivity contribution in [1.29, 1.82) is 0 Å². The van der Waals surface area contributed by atoms with Crippen molar-refractivity contribution in [3.05, 3.63) is 47.8 Å². The van der Waals surface area contributed by atoms with Crippen LogP contribution in [0.5, 0.6) is 0 Å². The number of benzene rings is 1. The molecular formula is C19H25N5O2. The average molecular weight is 355 g/mol. The maximum absolute atomic E-state index is 12.2. The Kier molecular flexibility index (Phi) is 5.55. The molecule has 138 valence electrons. The predicted molar refractivity (Wildman–Crippen MR) is 100 cm³/mol. The number of rotatable bonds is 5. The minimum Gasteiger partial charge on any atom is -0.367 e. The summed E-state index contributed by atoms with van der Waals surface area (Å²) in [7, 11) is 1.89. The van der Waals surface area contributed by atoms with Crippen LogP contribution in [0.25, 0.3) is 0 Å². The van der Waals surface area contributed by atoms with Gasteiger partial charge in [0.15, 0.2) is 0 Å². The van der Waals surface area contributed by atoms with Crippen LogP contribution in [-0.4, -0.2) is 47.3 Å². The summed E-state index contributed by atoms with van der Waals surface area (Å²) in [5, 5.41) is 9.92. The van der Waals surface area contributed by atoms with Crippen LogP contribution in [0.1, 0.15) is 28.8 Å². The minimum absolute atomic E-state index is 0.0173. The fourth-order valence-corrected chi connectivity index (χ4v) is 3.26. The third kappa shape index (κ3) is 4.41. The van der Waals surface area contributed by atoms with Crippen molar-refractivity contribution in [2.45, 2.75) is 25.8 Å². The summed E-state index contributed by atoms with van der Waals surface area (Å²) < 4.78 is 1.78. The minimum atomic E-state index is -0.223. The molecule has 1 aromatic carbocycles. The van der Waals surface area contributed by atoms with Gasteiger partial charge in [-0.3, -0.25) is 14.3 Å². The summed E-state index contributed by atoms with van der Waals surface area (Å²) in [4.78, 5) is 26.6. The molecule has 0 aliphatic carbocycles. The Morgan fingerprint density at radius 2 is 2.12 bits per heavy atom. The molecule has 0 saturated carbocycles. The first kappa shape index (κ1) is 18.0. The third-order valence-electron chi connectivity index (χ3n) is 4.64. The van der Waals surface area contributed by atoms with E-state index in [0.717, 1.165) is 37.2 Å². The zero-order valence-electron chi connectivity index (χ0n) is 15.2. The second-order valence-electron chi connectivity index (χ2n) is 6.72. The molecule has 1 saturated heterocycles. The van der Waals surface area contributed by atoms with Crippen LogP contribution >= 0.6 is 0 Å². The van der Waals surface area contributed by atoms with Gasteiger partial charge in [-0.15, -0.1) is 0 Å². The fourth-order valence-electron chi connectivity index (χ4n) is 3.26. The number of hydrogen-bond acceptors (Lipinski definition) is 4. The lowest BCUT2D eigenvalue weighted by Gasteiger charge is -2.33. The van der Waals surface area contributed by atoms with Gasteiger partial charge in [-0.05, 0) is 31.4 Å². The van der Waals surface area contributed by atoms with Crippen molar-refractivity contribution < 1.29 is 9.59 Å². The number of anilines is 1. The van der Waals surface area contributed by atoms with Crippen LogP contribution in [-0.2, 0) is 11.8 Å². The summed E-state index contributed by atoms with van der Waals surface area (Å²) in [5.41, 5.74) is 2.56. The lowest BCUT2D eigenvalue weighted by Crippen LogP contribution is -2.50. The number of nitrogens with one attached hydrogen (secondary N) is 2. The molecular weight excluding hydrogens is 330 g/mol. The monoisotopic (exact) mass is 355 g/mol. The van der Waals surface area contributed by atoms with Gasteiger partial charge in [0.25, 0.3) is 5.91 Å². The number of piperidine rings is 1. The number of amides is 2. The van der Waals surface area contributed by atoms with Crippen LogP contribution in [0.4, 0.5) is 5.69 Å². The number of nitrogens with zero attached hydrogens (tertiary/aromatic N) is 3. The van der Waals surface area contributed by atoms with E-state index in [1.165, 1.54) is 0 Å². The number of aromatic nitrogens is 2. The molecule has 0 spiro atoms. The van der Waals surface area contributed by atoms with E-state index < -0.39 is 0 Å². The van der Waals surface area contributed by atoms with Gasteiger partial charge in [-0.1, -0.05) is 18.2 Å². The smallest absolute Gasteiger partial charge is 0.251 e. The Hall–Kier alpha value is -2.83. The number of carbonyl (C=O) groups is 2. The van der Waals surface area contributed by atoms with Crippen LogP contribution in [0.2, 0.25) is 0 Å². The van der Waals surface area contributed by atoms with E-state index in [2.05, 4.69) is 20.6 Å². The lowest BCUT2D eigenvalue weighted by atomic mass is 10.1. The van der Waals surface area contributed by atoms with Crippen LogP contribution < -0.4 is 15.5 Å². The highest BCUT2D eigenvalue weighted by atomic mass is 16.2. The summed E-state index contributed by atoms with van der Waals surface area (Å²) in [6.07, 6.45) is 5.77. The fraction of sp³-hybridized carbons (Fsp3) is 0.421. The molecule has 0 bridgehead atoms. The number of carbonyl (C=O) groups excluding carboxylic acids is 2. The van der Waals surface area contributed by atoms with Crippen molar-refractivity contribution >= 4 is 17.5 Å². The highest BCUT2D eigenvalue weighted by Crippen LogP contribution is 2.18. The van der Waals surface area contributed by atoms with E-state index in [4.69, 9.17) is 0 Å². The first-order valence-corrected chi connectivity index (χ1v) is 8.89. The molecule has 1 unspecified atom stereocenters. The van der Waals surface area contributed by atoms with Crippen LogP contribution in [0, 0.1) is 6.92 Å². The van der Waals surface area contributed by atoms with Gasteiger partial charge in [-0.25, -0.2) is 0 Å². The van der Waals surface area contributed by atoms with Crippen LogP contribution in [0.15, 0.2) is 36.7 Å². The largest absolute Gasteiger partial charge is 0.367 e. The second-order valence-corrected chi connectivity index (χ2v) is 6.72. The molecule has 1 fully saturated rings. The van der Waals surface area contributed by atoms with Gasteiger partial charge in [0, 0.05) is 37.9 Å². The lowest BCUT2D eigenvalue weighted by molar-refractivity contribution is -0.120. The van der Waals surface area contributed by atoms with E-state index in [9.17, 15) is 9.59 Å². The Labute approximate surface area is 153 Å². The molecule has 3 rings (SSSR count). The first-order chi connectivity index (χ1) is 12.5. The molecule has 1 atom stereocenters. The van der Waals surface area contributed by atoms with E-state index in [1.807, 2.05) is 44.6 Å². The number of hydrogen-bond donors (Lipinski definition) is 2. The Bertz CT molecular complexity index is 786. The third-order valence-corrected chi connectivity index (χ3v) is 4.64. The molecule has 2 heterocycles. The van der Waals surface area contributed by atoms with Gasteiger partial charge >= 0.3 is 0 Å². The number of aryl methyl sites for hydroxylation is 2. The summed E-state index contributed by atoms with van der Waals surface area (Å²) in [5.74, 6) is -0.385. The molecule has 2 N–H and O–H groups in total. The topological polar surface area (TPSA) is 79.3 Å². The first-order valence-electron chi connectivity index (χ1n) is 8.89. The quantitative estimate of drug-likeness (QED) is 0.846. The van der Waals surface area contributed by atoms with Gasteiger partial charge in [0.2, 0.25) is 5.91 Å². The molecule has 26 heavy (non-hydrogen) atoms. The molecule has 2 amide bonds. The normalized spacial score (nSPS) is 17.0. The van der Waals surface area contributed by atoms with E-state index in [-0.39, 0.29) is 24.4 Å². The van der Waals surface area contributed by atoms with Gasteiger partial charge in [-0.2, -0.15) is 5.10 Å². The Balaban J connectivity index is 1.48. The highest BCUT2D eigenvalue weighted by Gasteiger charge is 2.22. The van der Waals surface area contributed by atoms with Gasteiger partial charge in [0.05, 0.1) is 18.4 Å². The van der Waals surface area contributed by atoms with Crippen molar-refractivity contribution in [1.82, 2.24) is 20.4 Å². The zero-order chi connectivity index (χ0) is 18.5. The van der Waals surface area contributed by atoms with Crippen molar-refractivity contribution in [3.63, 3.8) is 0 Å². The van der Waals surface area contributed by atoms with Crippen molar-refractivity contribution in [2.24, 2.45) is 7.05 Å². The zero-order valence-corrected chi connectivity index (χ0v) is 15.2. The van der Waals surface area contributed by atoms with Crippen molar-refractivity contribution in [3.8, 4) is 0 Å². The molecule has 0 radical (unpaired) electrons. The highest BCUT2D eigenvalue weighted by molar-refractivity contribution is 5.97.